The predicted octanol–water partition coefficient (Wildman–Crippen LogP) is 1.34. The summed E-state index contributed by atoms with van der Waals surface area (Å²) >= 11 is 3.30. The highest BCUT2D eigenvalue weighted by Gasteiger charge is 2.04. The van der Waals surface area contributed by atoms with Crippen molar-refractivity contribution in [2.45, 2.75) is 13.0 Å². The summed E-state index contributed by atoms with van der Waals surface area (Å²) in [6.45, 7) is 1.56. The average molecular weight is 313 g/mol. The number of hydrogen-bond donors (Lipinski definition) is 1. The summed E-state index contributed by atoms with van der Waals surface area (Å²) in [5.41, 5.74) is 0. The molecule has 2 heterocycles. The van der Waals surface area contributed by atoms with E-state index in [1.165, 1.54) is 0 Å². The second-order valence-corrected chi connectivity index (χ2v) is 4.35. The minimum atomic E-state index is 0.517. The van der Waals surface area contributed by atoms with Crippen LogP contribution in [0, 0.1) is 0 Å². The Balaban J connectivity index is 1.79. The minimum absolute atomic E-state index is 0.517. The number of nitrogens with zero attached hydrogens (tertiary/aromatic N) is 5. The van der Waals surface area contributed by atoms with Crippen LogP contribution in [0.3, 0.4) is 0 Å². The molecule has 0 aromatic carbocycles. The van der Waals surface area contributed by atoms with Gasteiger partial charge in [0.15, 0.2) is 0 Å². The molecule has 2 aromatic heterocycles. The van der Waals surface area contributed by atoms with Crippen LogP contribution in [0.25, 0.3) is 0 Å². The third-order valence-corrected chi connectivity index (χ3v) is 2.77. The van der Waals surface area contributed by atoms with Crippen LogP contribution in [0.4, 0.5) is 5.95 Å². The maximum Gasteiger partial charge on any atom is 0.232 e. The highest BCUT2D eigenvalue weighted by molar-refractivity contribution is 9.10. The molecule has 0 aliphatic heterocycles. The van der Waals surface area contributed by atoms with Crippen molar-refractivity contribution in [1.29, 1.82) is 0 Å². The molecule has 0 fully saturated rings. The van der Waals surface area contributed by atoms with Crippen molar-refractivity contribution in [3.8, 4) is 5.88 Å². The zero-order valence-electron chi connectivity index (χ0n) is 9.88. The van der Waals surface area contributed by atoms with E-state index in [4.69, 9.17) is 4.74 Å². The molecule has 18 heavy (non-hydrogen) atoms. The fourth-order valence-electron chi connectivity index (χ4n) is 1.37. The summed E-state index contributed by atoms with van der Waals surface area (Å²) in [6.07, 6.45) is 6.06. The number of methoxy groups -OCH3 is 1. The van der Waals surface area contributed by atoms with Crippen molar-refractivity contribution in [3.05, 3.63) is 23.1 Å². The number of halogens is 1. The Morgan fingerprint density at radius 3 is 3.11 bits per heavy atom. The van der Waals surface area contributed by atoms with E-state index in [0.29, 0.717) is 11.8 Å². The Morgan fingerprint density at radius 2 is 2.39 bits per heavy atom. The lowest BCUT2D eigenvalue weighted by Gasteiger charge is -2.07. The molecule has 0 amide bonds. The molecule has 0 radical (unpaired) electrons. The van der Waals surface area contributed by atoms with Gasteiger partial charge in [0.05, 0.1) is 24.0 Å². The molecule has 0 saturated heterocycles. The minimum Gasteiger partial charge on any atom is -0.480 e. The van der Waals surface area contributed by atoms with Gasteiger partial charge in [0.25, 0.3) is 0 Å². The van der Waals surface area contributed by atoms with Gasteiger partial charge < -0.3 is 10.1 Å². The zero-order valence-corrected chi connectivity index (χ0v) is 11.5. The number of anilines is 1. The second-order valence-electron chi connectivity index (χ2n) is 3.50. The van der Waals surface area contributed by atoms with Gasteiger partial charge in [-0.2, -0.15) is 4.98 Å². The maximum atomic E-state index is 5.09. The van der Waals surface area contributed by atoms with E-state index in [-0.39, 0.29) is 0 Å². The van der Waals surface area contributed by atoms with E-state index >= 15 is 0 Å². The van der Waals surface area contributed by atoms with E-state index in [1.807, 2.05) is 6.20 Å². The highest BCUT2D eigenvalue weighted by Crippen LogP contribution is 2.21. The first-order chi connectivity index (χ1) is 8.79. The molecule has 0 atom stereocenters. The van der Waals surface area contributed by atoms with Crippen molar-refractivity contribution < 1.29 is 4.74 Å². The summed E-state index contributed by atoms with van der Waals surface area (Å²) < 4.78 is 7.61. The number of nitrogens with one attached hydrogen (secondary N) is 1. The van der Waals surface area contributed by atoms with E-state index in [9.17, 15) is 0 Å². The average Bonchev–Trinajstić information content (AvgIpc) is 2.89. The van der Waals surface area contributed by atoms with Crippen molar-refractivity contribution in [3.63, 3.8) is 0 Å². The van der Waals surface area contributed by atoms with Gasteiger partial charge in [-0.15, -0.1) is 5.10 Å². The van der Waals surface area contributed by atoms with E-state index in [0.717, 1.165) is 24.0 Å². The van der Waals surface area contributed by atoms with Crippen LogP contribution >= 0.6 is 15.9 Å². The van der Waals surface area contributed by atoms with Gasteiger partial charge in [-0.1, -0.05) is 5.21 Å². The fourth-order valence-corrected chi connectivity index (χ4v) is 1.73. The van der Waals surface area contributed by atoms with Gasteiger partial charge in [-0.25, -0.2) is 4.98 Å². The van der Waals surface area contributed by atoms with Gasteiger partial charge in [0, 0.05) is 19.3 Å². The molecule has 2 rings (SSSR count). The number of aryl methyl sites for hydroxylation is 1. The smallest absolute Gasteiger partial charge is 0.232 e. The van der Waals surface area contributed by atoms with Gasteiger partial charge in [0.1, 0.15) is 0 Å². The molecule has 0 bridgehead atoms. The predicted molar refractivity (Wildman–Crippen MR) is 69.4 cm³/mol. The molecular weight excluding hydrogens is 300 g/mol. The van der Waals surface area contributed by atoms with Crippen LogP contribution in [-0.2, 0) is 6.54 Å². The van der Waals surface area contributed by atoms with Crippen molar-refractivity contribution in [1.82, 2.24) is 25.0 Å². The third-order valence-electron chi connectivity index (χ3n) is 2.22. The Hall–Kier alpha value is -1.70. The first-order valence-corrected chi connectivity index (χ1v) is 6.23. The Bertz CT molecular complexity index is 489. The molecule has 96 valence electrons. The lowest BCUT2D eigenvalue weighted by molar-refractivity contribution is 0.394. The number of ether oxygens (including phenoxy) is 1. The topological polar surface area (TPSA) is 77.8 Å². The van der Waals surface area contributed by atoms with Crippen LogP contribution in [0.5, 0.6) is 5.88 Å². The Morgan fingerprint density at radius 1 is 1.50 bits per heavy atom. The molecule has 0 aliphatic rings. The molecule has 2 aromatic rings. The van der Waals surface area contributed by atoms with Crippen LogP contribution < -0.4 is 10.1 Å². The number of aromatic nitrogens is 5. The summed E-state index contributed by atoms with van der Waals surface area (Å²) in [5, 5.41) is 10.7. The Kier molecular flexibility index (Phi) is 4.46. The molecule has 1 N–H and O–H groups in total. The first-order valence-electron chi connectivity index (χ1n) is 5.44. The Labute approximate surface area is 113 Å². The van der Waals surface area contributed by atoms with Gasteiger partial charge in [-0.3, -0.25) is 4.68 Å². The standard InChI is InChI=1S/C10H13BrN6O/c1-18-9-8(11)7-13-10(15-9)12-3-2-5-17-6-4-14-16-17/h4,6-7H,2-3,5H2,1H3,(H,12,13,15). The molecule has 0 unspecified atom stereocenters. The monoisotopic (exact) mass is 312 g/mol. The van der Waals surface area contributed by atoms with Gasteiger partial charge >= 0.3 is 0 Å². The van der Waals surface area contributed by atoms with E-state index in [2.05, 4.69) is 41.5 Å². The van der Waals surface area contributed by atoms with Crippen LogP contribution in [0.1, 0.15) is 6.42 Å². The normalized spacial score (nSPS) is 10.3. The summed E-state index contributed by atoms with van der Waals surface area (Å²) in [4.78, 5) is 8.34. The summed E-state index contributed by atoms with van der Waals surface area (Å²) in [5.74, 6) is 1.07. The summed E-state index contributed by atoms with van der Waals surface area (Å²) in [6, 6.07) is 0. The molecule has 0 spiro atoms. The zero-order chi connectivity index (χ0) is 12.8. The number of hydrogen-bond acceptors (Lipinski definition) is 6. The van der Waals surface area contributed by atoms with Crippen molar-refractivity contribution in [2.75, 3.05) is 19.0 Å². The second kappa shape index (κ2) is 6.29. The number of rotatable bonds is 6. The molecule has 0 saturated carbocycles. The van der Waals surface area contributed by atoms with Crippen molar-refractivity contribution in [2.24, 2.45) is 0 Å². The lowest BCUT2D eigenvalue weighted by atomic mass is 10.4. The van der Waals surface area contributed by atoms with Crippen LogP contribution in [-0.4, -0.2) is 38.6 Å². The van der Waals surface area contributed by atoms with Gasteiger partial charge in [0.2, 0.25) is 11.8 Å². The third kappa shape index (κ3) is 3.39. The molecule has 0 aliphatic carbocycles. The van der Waals surface area contributed by atoms with E-state index in [1.54, 1.807) is 24.2 Å². The first kappa shape index (κ1) is 12.7. The summed E-state index contributed by atoms with van der Waals surface area (Å²) in [7, 11) is 1.57. The van der Waals surface area contributed by atoms with Crippen LogP contribution in [0.15, 0.2) is 23.1 Å². The van der Waals surface area contributed by atoms with Crippen molar-refractivity contribution >= 4 is 21.9 Å². The maximum absolute atomic E-state index is 5.09. The largest absolute Gasteiger partial charge is 0.480 e. The molecule has 8 heteroatoms. The molecular formula is C10H13BrN6O. The highest BCUT2D eigenvalue weighted by atomic mass is 79.9. The lowest BCUT2D eigenvalue weighted by Crippen LogP contribution is -2.09. The quantitative estimate of drug-likeness (QED) is 0.811. The van der Waals surface area contributed by atoms with Gasteiger partial charge in [-0.05, 0) is 22.4 Å². The SMILES string of the molecule is COc1nc(NCCCn2ccnn2)ncc1Br. The van der Waals surface area contributed by atoms with Crippen LogP contribution in [0.2, 0.25) is 0 Å². The van der Waals surface area contributed by atoms with E-state index < -0.39 is 0 Å². The molecule has 7 nitrogen and oxygen atoms in total. The fraction of sp³-hybridized carbons (Fsp3) is 0.400.